The Kier molecular flexibility index (Phi) is 6.08. The summed E-state index contributed by atoms with van der Waals surface area (Å²) in [7, 11) is -3.53. The molecule has 0 spiro atoms. The van der Waals surface area contributed by atoms with E-state index in [9.17, 15) is 8.42 Å². The molecule has 1 saturated heterocycles. The van der Waals surface area contributed by atoms with Gasteiger partial charge in [-0.1, -0.05) is 6.07 Å². The molecule has 0 amide bonds. The van der Waals surface area contributed by atoms with Gasteiger partial charge >= 0.3 is 0 Å². The fourth-order valence-corrected chi connectivity index (χ4v) is 5.11. The number of hydrogen-bond donors (Lipinski definition) is 0. The van der Waals surface area contributed by atoms with Crippen LogP contribution in [0.25, 0.3) is 0 Å². The lowest BCUT2D eigenvalue weighted by Gasteiger charge is -2.32. The average molecular weight is 397 g/mol. The van der Waals surface area contributed by atoms with Crippen LogP contribution in [0, 0.1) is 0 Å². The van der Waals surface area contributed by atoms with E-state index >= 15 is 0 Å². The third kappa shape index (κ3) is 3.99. The van der Waals surface area contributed by atoms with Crippen LogP contribution in [0.2, 0.25) is 0 Å². The van der Waals surface area contributed by atoms with Crippen LogP contribution < -0.4 is 0 Å². The molecule has 1 aliphatic rings. The Hall–Kier alpha value is -0.140. The maximum atomic E-state index is 12.8. The van der Waals surface area contributed by atoms with Gasteiger partial charge in [-0.15, -0.1) is 11.6 Å². The second kappa shape index (κ2) is 7.42. The molecular formula is C14H19BrClNO3S. The molecule has 1 aromatic rings. The number of ether oxygens (including phenoxy) is 1. The molecule has 1 aliphatic heterocycles. The second-order valence-corrected chi connectivity index (χ2v) is 8.01. The largest absolute Gasteiger partial charge is 0.377 e. The van der Waals surface area contributed by atoms with Crippen LogP contribution in [0.4, 0.5) is 0 Å². The van der Waals surface area contributed by atoms with Crippen molar-refractivity contribution in [2.45, 2.75) is 36.6 Å². The topological polar surface area (TPSA) is 46.6 Å². The van der Waals surface area contributed by atoms with E-state index in [1.807, 2.05) is 13.0 Å². The predicted octanol–water partition coefficient (Wildman–Crippen LogP) is 3.38. The van der Waals surface area contributed by atoms with Gasteiger partial charge < -0.3 is 4.74 Å². The molecule has 1 heterocycles. The SMILES string of the molecule is CCOC1CCCN(S(=O)(=O)c2cc(CCl)ccc2Br)C1. The molecule has 118 valence electrons. The zero-order chi connectivity index (χ0) is 15.5. The fraction of sp³-hybridized carbons (Fsp3) is 0.571. The van der Waals surface area contributed by atoms with E-state index < -0.39 is 10.0 Å². The first-order valence-electron chi connectivity index (χ1n) is 6.95. The van der Waals surface area contributed by atoms with E-state index in [2.05, 4.69) is 15.9 Å². The Morgan fingerprint density at radius 2 is 2.24 bits per heavy atom. The van der Waals surface area contributed by atoms with Crippen molar-refractivity contribution in [1.29, 1.82) is 0 Å². The number of sulfonamides is 1. The van der Waals surface area contributed by atoms with Crippen LogP contribution in [0.5, 0.6) is 0 Å². The molecule has 0 aliphatic carbocycles. The summed E-state index contributed by atoms with van der Waals surface area (Å²) >= 11 is 9.14. The smallest absolute Gasteiger partial charge is 0.244 e. The Balaban J connectivity index is 2.29. The molecule has 21 heavy (non-hydrogen) atoms. The minimum atomic E-state index is -3.53. The van der Waals surface area contributed by atoms with Crippen molar-refractivity contribution in [1.82, 2.24) is 4.31 Å². The summed E-state index contributed by atoms with van der Waals surface area (Å²) in [6, 6.07) is 5.18. The van der Waals surface area contributed by atoms with Crippen molar-refractivity contribution < 1.29 is 13.2 Å². The molecule has 0 radical (unpaired) electrons. The van der Waals surface area contributed by atoms with Crippen LogP contribution in [0.1, 0.15) is 25.3 Å². The van der Waals surface area contributed by atoms with Crippen molar-refractivity contribution in [3.63, 3.8) is 0 Å². The van der Waals surface area contributed by atoms with Crippen molar-refractivity contribution >= 4 is 37.6 Å². The highest BCUT2D eigenvalue weighted by Gasteiger charge is 2.31. The Morgan fingerprint density at radius 3 is 2.90 bits per heavy atom. The molecule has 7 heteroatoms. The van der Waals surface area contributed by atoms with Crippen LogP contribution in [-0.2, 0) is 20.6 Å². The number of benzene rings is 1. The van der Waals surface area contributed by atoms with Crippen LogP contribution >= 0.6 is 27.5 Å². The lowest BCUT2D eigenvalue weighted by Crippen LogP contribution is -2.43. The maximum absolute atomic E-state index is 12.8. The summed E-state index contributed by atoms with van der Waals surface area (Å²) in [6.45, 7) is 3.47. The summed E-state index contributed by atoms with van der Waals surface area (Å²) in [5.74, 6) is 0.289. The normalized spacial score (nSPS) is 20.6. The van der Waals surface area contributed by atoms with Crippen molar-refractivity contribution in [2.75, 3.05) is 19.7 Å². The molecule has 1 atom stereocenters. The predicted molar refractivity (Wildman–Crippen MR) is 87.1 cm³/mol. The summed E-state index contributed by atoms with van der Waals surface area (Å²) in [4.78, 5) is 0.276. The molecule has 4 nitrogen and oxygen atoms in total. The monoisotopic (exact) mass is 395 g/mol. The highest BCUT2D eigenvalue weighted by Crippen LogP contribution is 2.29. The standard InChI is InChI=1S/C14H19BrClNO3S/c1-2-20-12-4-3-7-17(10-12)21(18,19)14-8-11(9-16)5-6-13(14)15/h5-6,8,12H,2-4,7,9-10H2,1H3. The third-order valence-corrected chi connectivity index (χ3v) is 6.68. The second-order valence-electron chi connectivity index (χ2n) is 4.98. The first-order chi connectivity index (χ1) is 9.98. The number of alkyl halides is 1. The quantitative estimate of drug-likeness (QED) is 0.717. The van der Waals surface area contributed by atoms with Crippen molar-refractivity contribution in [2.24, 2.45) is 0 Å². The van der Waals surface area contributed by atoms with Crippen LogP contribution in [0.15, 0.2) is 27.6 Å². The molecule has 2 rings (SSSR count). The zero-order valence-corrected chi connectivity index (χ0v) is 15.0. The minimum Gasteiger partial charge on any atom is -0.377 e. The van der Waals surface area contributed by atoms with Crippen LogP contribution in [-0.4, -0.2) is 38.5 Å². The maximum Gasteiger partial charge on any atom is 0.244 e. The van der Waals surface area contributed by atoms with Crippen LogP contribution in [0.3, 0.4) is 0 Å². The Morgan fingerprint density at radius 1 is 1.48 bits per heavy atom. The van der Waals surface area contributed by atoms with Gasteiger partial charge in [0.1, 0.15) is 0 Å². The number of halogens is 2. The lowest BCUT2D eigenvalue weighted by molar-refractivity contribution is 0.0265. The molecule has 1 unspecified atom stereocenters. The summed E-state index contributed by atoms with van der Waals surface area (Å²) < 4.78 is 33.3. The molecule has 0 bridgehead atoms. The van der Waals surface area contributed by atoms with Gasteiger partial charge in [-0.3, -0.25) is 0 Å². The van der Waals surface area contributed by atoms with Gasteiger partial charge in [0.15, 0.2) is 0 Å². The first-order valence-corrected chi connectivity index (χ1v) is 9.72. The van der Waals surface area contributed by atoms with Gasteiger partial charge in [0.05, 0.1) is 11.0 Å². The average Bonchev–Trinajstić information content (AvgIpc) is 2.48. The summed E-state index contributed by atoms with van der Waals surface area (Å²) in [5.41, 5.74) is 0.789. The van der Waals surface area contributed by atoms with Crippen molar-refractivity contribution in [3.8, 4) is 0 Å². The van der Waals surface area contributed by atoms with E-state index in [-0.39, 0.29) is 16.9 Å². The lowest BCUT2D eigenvalue weighted by atomic mass is 10.1. The Bertz CT molecular complexity index is 592. The molecule has 0 saturated carbocycles. The number of rotatable bonds is 5. The van der Waals surface area contributed by atoms with E-state index in [0.717, 1.165) is 18.4 Å². The van der Waals surface area contributed by atoms with E-state index in [1.165, 1.54) is 4.31 Å². The highest BCUT2D eigenvalue weighted by molar-refractivity contribution is 9.10. The number of nitrogens with zero attached hydrogens (tertiary/aromatic N) is 1. The van der Waals surface area contributed by atoms with E-state index in [0.29, 0.717) is 24.2 Å². The van der Waals surface area contributed by atoms with Gasteiger partial charge in [0.2, 0.25) is 10.0 Å². The van der Waals surface area contributed by atoms with Crippen molar-refractivity contribution in [3.05, 3.63) is 28.2 Å². The summed E-state index contributed by atoms with van der Waals surface area (Å²) in [5, 5.41) is 0. The molecule has 0 N–H and O–H groups in total. The first kappa shape index (κ1) is 17.2. The van der Waals surface area contributed by atoms with Gasteiger partial charge in [-0.2, -0.15) is 4.31 Å². The number of hydrogen-bond acceptors (Lipinski definition) is 3. The number of piperidine rings is 1. The highest BCUT2D eigenvalue weighted by atomic mass is 79.9. The fourth-order valence-electron chi connectivity index (χ4n) is 2.46. The zero-order valence-electron chi connectivity index (χ0n) is 11.9. The molecule has 1 aromatic carbocycles. The molecular weight excluding hydrogens is 378 g/mol. The van der Waals surface area contributed by atoms with Gasteiger partial charge in [-0.25, -0.2) is 8.42 Å². The van der Waals surface area contributed by atoms with E-state index in [4.69, 9.17) is 16.3 Å². The summed E-state index contributed by atoms with van der Waals surface area (Å²) in [6.07, 6.45) is 1.70. The van der Waals surface area contributed by atoms with Gasteiger partial charge in [0, 0.05) is 30.0 Å². The molecule has 0 aromatic heterocycles. The molecule has 1 fully saturated rings. The van der Waals surface area contributed by atoms with Gasteiger partial charge in [0.25, 0.3) is 0 Å². The Labute approximate surface area is 139 Å². The van der Waals surface area contributed by atoms with E-state index in [1.54, 1.807) is 12.1 Å². The third-order valence-electron chi connectivity index (χ3n) is 3.51. The van der Waals surface area contributed by atoms with Gasteiger partial charge in [-0.05, 0) is 53.4 Å². The minimum absolute atomic E-state index is 0.0199.